The van der Waals surface area contributed by atoms with Gasteiger partial charge in [-0.15, -0.1) is 0 Å². The molecule has 1 nitrogen and oxygen atoms in total. The Labute approximate surface area is 130 Å². The highest BCUT2D eigenvalue weighted by Crippen LogP contribution is 2.12. The van der Waals surface area contributed by atoms with Crippen LogP contribution in [0, 0.1) is 11.8 Å². The topological polar surface area (TPSA) is 17.1 Å². The van der Waals surface area contributed by atoms with Gasteiger partial charge in [0.15, 0.2) is 0 Å². The third-order valence-corrected chi connectivity index (χ3v) is 3.69. The van der Waals surface area contributed by atoms with Crippen LogP contribution in [0.1, 0.15) is 96.8 Å². The van der Waals surface area contributed by atoms with Crippen LogP contribution in [0.15, 0.2) is 0 Å². The Kier molecular flexibility index (Phi) is 16.2. The van der Waals surface area contributed by atoms with Gasteiger partial charge < -0.3 is 0 Å². The van der Waals surface area contributed by atoms with E-state index in [4.69, 9.17) is 11.6 Å². The molecule has 0 amide bonds. The third-order valence-electron chi connectivity index (χ3n) is 3.59. The van der Waals surface area contributed by atoms with Crippen LogP contribution in [-0.2, 0) is 4.79 Å². The van der Waals surface area contributed by atoms with E-state index < -0.39 is 5.24 Å². The van der Waals surface area contributed by atoms with Gasteiger partial charge >= 0.3 is 0 Å². The highest BCUT2D eigenvalue weighted by atomic mass is 35.5. The van der Waals surface area contributed by atoms with Gasteiger partial charge in [-0.05, 0) is 23.9 Å². The molecule has 0 rings (SSSR count). The third kappa shape index (κ3) is 17.5. The maximum absolute atomic E-state index is 10.4. The number of carbonyl (C=O) groups excluding carboxylic acids is 1. The molecular weight excluding hydrogens is 268 g/mol. The second-order valence-corrected chi connectivity index (χ2v) is 5.91. The summed E-state index contributed by atoms with van der Waals surface area (Å²) >= 11 is 5.12. The Balaban J connectivity index is 3.03. The lowest BCUT2D eigenvalue weighted by Gasteiger charge is -2.02. The molecule has 0 saturated heterocycles. The van der Waals surface area contributed by atoms with Crippen LogP contribution in [0.4, 0.5) is 0 Å². The lowest BCUT2D eigenvalue weighted by Crippen LogP contribution is -1.83. The zero-order chi connectivity index (χ0) is 14.9. The molecule has 20 heavy (non-hydrogen) atoms. The van der Waals surface area contributed by atoms with Gasteiger partial charge in [-0.1, -0.05) is 89.9 Å². The molecule has 116 valence electrons. The summed E-state index contributed by atoms with van der Waals surface area (Å²) in [4.78, 5) is 10.4. The largest absolute Gasteiger partial charge is 0.296 e. The molecule has 0 aliphatic carbocycles. The first-order valence-electron chi connectivity index (χ1n) is 8.45. The van der Waals surface area contributed by atoms with Crippen molar-refractivity contribution < 1.29 is 4.79 Å². The number of rotatable bonds is 13. The Hall–Kier alpha value is -0.480. The fourth-order valence-corrected chi connectivity index (χ4v) is 2.43. The quantitative estimate of drug-likeness (QED) is 0.223. The van der Waals surface area contributed by atoms with Crippen LogP contribution in [0.5, 0.6) is 0 Å². The smallest absolute Gasteiger partial charge is 0.266 e. The second kappa shape index (κ2) is 16.6. The van der Waals surface area contributed by atoms with E-state index in [0.717, 1.165) is 12.8 Å². The average molecular weight is 299 g/mol. The van der Waals surface area contributed by atoms with Crippen molar-refractivity contribution in [2.45, 2.75) is 96.8 Å². The lowest BCUT2D eigenvalue weighted by atomic mass is 10.0. The first kappa shape index (κ1) is 19.5. The molecule has 0 aromatic heterocycles. The predicted molar refractivity (Wildman–Crippen MR) is 88.9 cm³/mol. The zero-order valence-corrected chi connectivity index (χ0v) is 13.9. The number of hydrogen-bond donors (Lipinski definition) is 0. The Morgan fingerprint density at radius 2 is 1.15 bits per heavy atom. The Bertz CT molecular complexity index is 275. The van der Waals surface area contributed by atoms with Gasteiger partial charge in [0, 0.05) is 6.42 Å². The van der Waals surface area contributed by atoms with Crippen LogP contribution in [0.25, 0.3) is 0 Å². The van der Waals surface area contributed by atoms with E-state index >= 15 is 0 Å². The van der Waals surface area contributed by atoms with E-state index in [-0.39, 0.29) is 0 Å². The monoisotopic (exact) mass is 298 g/mol. The summed E-state index contributed by atoms with van der Waals surface area (Å²) in [6.45, 7) is 2.27. The van der Waals surface area contributed by atoms with Gasteiger partial charge in [0.05, 0.1) is 0 Å². The molecule has 0 aliphatic rings. The highest BCUT2D eigenvalue weighted by molar-refractivity contribution is 6.68. The van der Waals surface area contributed by atoms with Crippen molar-refractivity contribution in [3.63, 3.8) is 0 Å². The Morgan fingerprint density at radius 1 is 0.750 bits per heavy atom. The van der Waals surface area contributed by atoms with Crippen molar-refractivity contribution in [1.82, 2.24) is 0 Å². The molecule has 0 N–H and O–H groups in total. The van der Waals surface area contributed by atoms with Gasteiger partial charge in [0.2, 0.25) is 0 Å². The van der Waals surface area contributed by atoms with Crippen molar-refractivity contribution in [2.24, 2.45) is 0 Å². The molecule has 0 atom stereocenters. The summed E-state index contributed by atoms with van der Waals surface area (Å²) in [6.07, 6.45) is 18.4. The molecule has 0 fully saturated rings. The number of hydrogen-bond acceptors (Lipinski definition) is 1. The normalized spacial score (nSPS) is 10.1. The fraction of sp³-hybridized carbons (Fsp3) is 0.833. The molecule has 0 aromatic carbocycles. The van der Waals surface area contributed by atoms with E-state index in [1.807, 2.05) is 0 Å². The average Bonchev–Trinajstić information content (AvgIpc) is 2.43. The minimum Gasteiger partial charge on any atom is -0.266 e. The fourth-order valence-electron chi connectivity index (χ4n) is 2.36. The van der Waals surface area contributed by atoms with Crippen LogP contribution in [0.3, 0.4) is 0 Å². The maximum Gasteiger partial charge on any atom is 0.296 e. The van der Waals surface area contributed by atoms with E-state index in [9.17, 15) is 4.79 Å². The SMILES string of the molecule is CCCCCCCCCCCCCCCC#CC(=O)Cl. The van der Waals surface area contributed by atoms with Gasteiger partial charge in [-0.2, -0.15) is 0 Å². The number of carbonyl (C=O) groups is 1. The van der Waals surface area contributed by atoms with Gasteiger partial charge in [0.25, 0.3) is 5.24 Å². The summed E-state index contributed by atoms with van der Waals surface area (Å²) in [7, 11) is 0. The molecule has 0 aliphatic heterocycles. The molecule has 0 radical (unpaired) electrons. The number of unbranched alkanes of at least 4 members (excludes halogenated alkanes) is 13. The second-order valence-electron chi connectivity index (χ2n) is 5.57. The van der Waals surface area contributed by atoms with E-state index in [1.54, 1.807) is 0 Å². The minimum absolute atomic E-state index is 0.542. The summed E-state index contributed by atoms with van der Waals surface area (Å²) in [5.41, 5.74) is 0. The Morgan fingerprint density at radius 3 is 1.55 bits per heavy atom. The van der Waals surface area contributed by atoms with Crippen LogP contribution >= 0.6 is 11.6 Å². The molecule has 0 saturated carbocycles. The molecule has 0 aromatic rings. The summed E-state index contributed by atoms with van der Waals surface area (Å²) < 4.78 is 0. The number of halogens is 1. The molecule has 0 spiro atoms. The van der Waals surface area contributed by atoms with E-state index in [0.29, 0.717) is 0 Å². The summed E-state index contributed by atoms with van der Waals surface area (Å²) in [5, 5.41) is -0.542. The van der Waals surface area contributed by atoms with Crippen molar-refractivity contribution in [3.05, 3.63) is 0 Å². The molecule has 2 heteroatoms. The van der Waals surface area contributed by atoms with Crippen LogP contribution < -0.4 is 0 Å². The van der Waals surface area contributed by atoms with Crippen LogP contribution in [0.2, 0.25) is 0 Å². The van der Waals surface area contributed by atoms with Gasteiger partial charge in [-0.25, -0.2) is 0 Å². The molecule has 0 heterocycles. The first-order chi connectivity index (χ1) is 9.77. The van der Waals surface area contributed by atoms with Gasteiger partial charge in [0.1, 0.15) is 0 Å². The van der Waals surface area contributed by atoms with E-state index in [1.165, 1.54) is 77.0 Å². The lowest BCUT2D eigenvalue weighted by molar-refractivity contribution is -0.107. The summed E-state index contributed by atoms with van der Waals surface area (Å²) in [5.74, 6) is 5.16. The van der Waals surface area contributed by atoms with Crippen molar-refractivity contribution >= 4 is 16.8 Å². The maximum atomic E-state index is 10.4. The van der Waals surface area contributed by atoms with Crippen molar-refractivity contribution in [3.8, 4) is 11.8 Å². The molecular formula is C18H31ClO. The highest BCUT2D eigenvalue weighted by Gasteiger charge is 1.93. The van der Waals surface area contributed by atoms with Crippen molar-refractivity contribution in [2.75, 3.05) is 0 Å². The summed E-state index contributed by atoms with van der Waals surface area (Å²) in [6, 6.07) is 0. The van der Waals surface area contributed by atoms with Gasteiger partial charge in [-0.3, -0.25) is 4.79 Å². The first-order valence-corrected chi connectivity index (χ1v) is 8.83. The van der Waals surface area contributed by atoms with Crippen molar-refractivity contribution in [1.29, 1.82) is 0 Å². The molecule has 0 bridgehead atoms. The van der Waals surface area contributed by atoms with Crippen LogP contribution in [-0.4, -0.2) is 5.24 Å². The minimum atomic E-state index is -0.542. The van der Waals surface area contributed by atoms with E-state index in [2.05, 4.69) is 18.8 Å². The zero-order valence-electron chi connectivity index (χ0n) is 13.2. The molecule has 0 unspecified atom stereocenters. The standard InChI is InChI=1S/C18H31ClO/c1-2-3-4-5-6-7-8-9-10-11-12-13-14-15-16-17-18(19)20/h2-15H2,1H3. The predicted octanol–water partition coefficient (Wildman–Crippen LogP) is 6.24.